The number of rotatable bonds is 15. The number of ether oxygens (including phenoxy) is 1. The zero-order valence-electron chi connectivity index (χ0n) is 30.1. The van der Waals surface area contributed by atoms with Gasteiger partial charge in [0.2, 0.25) is 0 Å². The fourth-order valence-corrected chi connectivity index (χ4v) is 6.55. The number of nitrogens with zero attached hydrogens (tertiary/aromatic N) is 7. The first-order valence-electron chi connectivity index (χ1n) is 17.0. The predicted molar refractivity (Wildman–Crippen MR) is 186 cm³/mol. The van der Waals surface area contributed by atoms with Crippen molar-refractivity contribution < 1.29 is 38.8 Å². The molecule has 2 aromatic rings. The Labute approximate surface area is 293 Å². The summed E-state index contributed by atoms with van der Waals surface area (Å²) in [5.74, 6) is -1.90. The Balaban J connectivity index is 0.000000753. The van der Waals surface area contributed by atoms with Crippen molar-refractivity contribution in [2.45, 2.75) is 72.6 Å². The molecule has 1 aromatic heterocycles. The maximum atomic E-state index is 14.3. The van der Waals surface area contributed by atoms with Gasteiger partial charge in [-0.25, -0.2) is 19.0 Å². The molecule has 15 heteroatoms. The van der Waals surface area contributed by atoms with Gasteiger partial charge in [-0.05, 0) is 71.3 Å². The number of amides is 1. The van der Waals surface area contributed by atoms with Crippen molar-refractivity contribution in [3.8, 4) is 11.6 Å². The molecule has 0 saturated carbocycles. The first-order valence-corrected chi connectivity index (χ1v) is 17.0. The summed E-state index contributed by atoms with van der Waals surface area (Å²) in [6, 6.07) is 4.22. The molecule has 50 heavy (non-hydrogen) atoms. The molecule has 0 radical (unpaired) electrons. The summed E-state index contributed by atoms with van der Waals surface area (Å²) in [5.41, 5.74) is 0.276. The number of carboxylic acids is 2. The minimum atomic E-state index is -1.26. The first kappa shape index (κ1) is 40.2. The van der Waals surface area contributed by atoms with Gasteiger partial charge in [0.15, 0.2) is 5.82 Å². The van der Waals surface area contributed by atoms with Gasteiger partial charge < -0.3 is 34.8 Å². The summed E-state index contributed by atoms with van der Waals surface area (Å²) < 4.78 is 20.4. The Morgan fingerprint density at radius 1 is 1.06 bits per heavy atom. The van der Waals surface area contributed by atoms with Crippen LogP contribution in [0.3, 0.4) is 0 Å². The van der Waals surface area contributed by atoms with Gasteiger partial charge >= 0.3 is 11.9 Å². The number of halogens is 1. The van der Waals surface area contributed by atoms with Crippen LogP contribution in [0.15, 0.2) is 36.7 Å². The monoisotopic (exact) mass is 701 g/mol. The number of anilines is 1. The fourth-order valence-electron chi connectivity index (χ4n) is 6.55. The third-order valence-electron chi connectivity index (χ3n) is 9.17. The van der Waals surface area contributed by atoms with E-state index < -0.39 is 17.8 Å². The van der Waals surface area contributed by atoms with E-state index in [1.54, 1.807) is 4.90 Å². The molecule has 14 nitrogen and oxygen atoms in total. The topological polar surface area (TPSA) is 173 Å². The summed E-state index contributed by atoms with van der Waals surface area (Å²) >= 11 is 0. The van der Waals surface area contributed by atoms with Crippen LogP contribution >= 0.6 is 0 Å². The maximum Gasteiger partial charge on any atom is 0.328 e. The summed E-state index contributed by atoms with van der Waals surface area (Å²) in [5, 5.41) is 34.5. The van der Waals surface area contributed by atoms with E-state index in [0.717, 1.165) is 45.6 Å². The van der Waals surface area contributed by atoms with E-state index in [1.807, 2.05) is 27.8 Å². The summed E-state index contributed by atoms with van der Waals surface area (Å²) in [7, 11) is 2.04. The lowest BCUT2D eigenvalue weighted by atomic mass is 9.76. The zero-order chi connectivity index (χ0) is 37.2. The second-order valence-corrected chi connectivity index (χ2v) is 13.7. The highest BCUT2D eigenvalue weighted by Crippen LogP contribution is 2.44. The number of likely N-dealkylation sites (tertiary alicyclic amines) is 1. The molecule has 0 unspecified atom stereocenters. The molecule has 2 saturated heterocycles. The number of aliphatic hydroxyl groups excluding tert-OH is 1. The molecule has 1 amide bonds. The number of hydrogen-bond donors (Lipinski definition) is 3. The van der Waals surface area contributed by atoms with Crippen LogP contribution in [0.1, 0.15) is 64.7 Å². The minimum absolute atomic E-state index is 0.0496. The SMILES string of the molecule is CCN(C)C[C@@H](O)C[C@H](C(C)C)N1CC2(CCN(c3ncnnc3Oc3ccc(F)cc3C(=O)N(CC)C(C)C)C2)C1.O=C(O)/C=C/C(=O)O. The van der Waals surface area contributed by atoms with E-state index in [4.69, 9.17) is 14.9 Å². The molecule has 276 valence electrons. The third-order valence-corrected chi connectivity index (χ3v) is 9.17. The van der Waals surface area contributed by atoms with Crippen LogP contribution in [0.2, 0.25) is 0 Å². The van der Waals surface area contributed by atoms with Gasteiger partial charge in [-0.15, -0.1) is 10.2 Å². The standard InChI is InChI=1S/C31H48FN7O3.C4H4O4/c1-8-36(7)16-24(40)15-26(21(3)4)38-18-31(19-38)12-13-37(17-31)28-29(35-34-20-33-28)42-27-11-10-23(32)14-25(27)30(41)39(9-2)22(5)6;5-3(6)1-2-4(7)8/h10-11,14,20-22,24,26,40H,8-9,12-13,15-19H2,1-7H3;1-2H,(H,5,6)(H,7,8)/b;2-1+/t24-,26+;/m0./s1. The Bertz CT molecular complexity index is 1470. The molecule has 3 heterocycles. The van der Waals surface area contributed by atoms with Crippen molar-refractivity contribution in [3.05, 3.63) is 48.1 Å². The van der Waals surface area contributed by atoms with Crippen molar-refractivity contribution in [1.82, 2.24) is 29.9 Å². The van der Waals surface area contributed by atoms with Crippen LogP contribution < -0.4 is 9.64 Å². The lowest BCUT2D eigenvalue weighted by Gasteiger charge is -2.53. The minimum Gasteiger partial charge on any atom is -0.478 e. The first-order chi connectivity index (χ1) is 23.6. The van der Waals surface area contributed by atoms with Gasteiger partial charge in [-0.2, -0.15) is 0 Å². The van der Waals surface area contributed by atoms with E-state index >= 15 is 0 Å². The molecule has 2 aliphatic heterocycles. The molecule has 3 N–H and O–H groups in total. The Morgan fingerprint density at radius 2 is 1.72 bits per heavy atom. The number of carbonyl (C=O) groups is 3. The van der Waals surface area contributed by atoms with Crippen LogP contribution in [0.5, 0.6) is 11.6 Å². The molecule has 2 fully saturated rings. The number of aromatic nitrogens is 3. The van der Waals surface area contributed by atoms with Crippen molar-refractivity contribution in [1.29, 1.82) is 0 Å². The van der Waals surface area contributed by atoms with E-state index in [1.165, 1.54) is 24.5 Å². The average Bonchev–Trinajstić information content (AvgIpc) is 3.49. The molecule has 4 rings (SSSR count). The highest BCUT2D eigenvalue weighted by molar-refractivity contribution is 5.97. The van der Waals surface area contributed by atoms with E-state index in [0.29, 0.717) is 43.0 Å². The number of aliphatic hydroxyl groups is 1. The van der Waals surface area contributed by atoms with Gasteiger partial charge in [-0.3, -0.25) is 9.69 Å². The van der Waals surface area contributed by atoms with Crippen molar-refractivity contribution >= 4 is 23.7 Å². The van der Waals surface area contributed by atoms with Crippen LogP contribution in [0.25, 0.3) is 0 Å². The Kier molecular flexibility index (Phi) is 14.6. The molecule has 0 aliphatic carbocycles. The summed E-state index contributed by atoms with van der Waals surface area (Å²) in [4.78, 5) is 45.4. The molecular formula is C35H52FN7O7. The quantitative estimate of drug-likeness (QED) is 0.230. The van der Waals surface area contributed by atoms with Crippen molar-refractivity contribution in [2.75, 3.05) is 57.8 Å². The van der Waals surface area contributed by atoms with Gasteiger partial charge in [0.25, 0.3) is 11.8 Å². The van der Waals surface area contributed by atoms with Crippen molar-refractivity contribution in [2.24, 2.45) is 11.3 Å². The number of carboxylic acid groups (broad SMARTS) is 2. The number of hydrogen-bond acceptors (Lipinski definition) is 11. The summed E-state index contributed by atoms with van der Waals surface area (Å²) in [6.07, 6.45) is 3.95. The summed E-state index contributed by atoms with van der Waals surface area (Å²) in [6.45, 7) is 17.9. The fraction of sp³-hybridized carbons (Fsp3) is 0.600. The molecule has 2 atom stereocenters. The second kappa shape index (κ2) is 18.2. The third kappa shape index (κ3) is 10.9. The van der Waals surface area contributed by atoms with Crippen LogP contribution in [0, 0.1) is 17.2 Å². The lowest BCUT2D eigenvalue weighted by Crippen LogP contribution is -2.62. The highest BCUT2D eigenvalue weighted by atomic mass is 19.1. The van der Waals surface area contributed by atoms with E-state index in [9.17, 15) is 23.9 Å². The predicted octanol–water partition coefficient (Wildman–Crippen LogP) is 3.62. The van der Waals surface area contributed by atoms with E-state index in [2.05, 4.69) is 50.7 Å². The number of benzene rings is 1. The normalized spacial score (nSPS) is 16.8. The van der Waals surface area contributed by atoms with Gasteiger partial charge in [0.05, 0.1) is 11.7 Å². The smallest absolute Gasteiger partial charge is 0.328 e. The van der Waals surface area contributed by atoms with Crippen LogP contribution in [-0.4, -0.2) is 134 Å². The molecule has 1 aromatic carbocycles. The molecule has 2 aliphatic rings. The molecule has 1 spiro atoms. The van der Waals surface area contributed by atoms with Gasteiger partial charge in [0, 0.05) is 68.9 Å². The second-order valence-electron chi connectivity index (χ2n) is 13.7. The number of aliphatic carboxylic acids is 2. The number of carbonyl (C=O) groups excluding carboxylic acids is 1. The van der Waals surface area contributed by atoms with Gasteiger partial charge in [0.1, 0.15) is 17.9 Å². The maximum absolute atomic E-state index is 14.3. The van der Waals surface area contributed by atoms with Crippen LogP contribution in [-0.2, 0) is 9.59 Å². The zero-order valence-corrected chi connectivity index (χ0v) is 30.1. The number of likely N-dealkylation sites (N-methyl/N-ethyl adjacent to an activating group) is 1. The van der Waals surface area contributed by atoms with Crippen LogP contribution in [0.4, 0.5) is 10.2 Å². The average molecular weight is 702 g/mol. The van der Waals surface area contributed by atoms with Gasteiger partial charge in [-0.1, -0.05) is 20.8 Å². The lowest BCUT2D eigenvalue weighted by molar-refractivity contribution is -0.134. The molecular weight excluding hydrogens is 649 g/mol. The highest BCUT2D eigenvalue weighted by Gasteiger charge is 2.50. The van der Waals surface area contributed by atoms with E-state index in [-0.39, 0.29) is 40.7 Å². The van der Waals surface area contributed by atoms with Crippen molar-refractivity contribution in [3.63, 3.8) is 0 Å². The largest absolute Gasteiger partial charge is 0.478 e. The Hall–Kier alpha value is -4.21. The Morgan fingerprint density at radius 3 is 2.28 bits per heavy atom. The molecule has 0 bridgehead atoms.